The Hall–Kier alpha value is -0.590. The SMILES string of the molecule is Cc1ccc(C(C)NC2CCCC(OCC(F)(F)F)C2)s1. The van der Waals surface area contributed by atoms with E-state index < -0.39 is 12.8 Å². The zero-order valence-corrected chi connectivity index (χ0v) is 13.2. The van der Waals surface area contributed by atoms with Crippen LogP contribution in [-0.4, -0.2) is 24.9 Å². The van der Waals surface area contributed by atoms with Gasteiger partial charge in [-0.1, -0.05) is 0 Å². The lowest BCUT2D eigenvalue weighted by Crippen LogP contribution is -2.39. The largest absolute Gasteiger partial charge is 0.411 e. The Labute approximate surface area is 127 Å². The highest BCUT2D eigenvalue weighted by molar-refractivity contribution is 7.12. The summed E-state index contributed by atoms with van der Waals surface area (Å²) in [7, 11) is 0. The second-order valence-corrected chi connectivity index (χ2v) is 7.07. The Morgan fingerprint density at radius 2 is 2.14 bits per heavy atom. The summed E-state index contributed by atoms with van der Waals surface area (Å²) in [5, 5.41) is 3.52. The highest BCUT2D eigenvalue weighted by atomic mass is 32.1. The van der Waals surface area contributed by atoms with Crippen LogP contribution in [0.1, 0.15) is 48.4 Å². The molecule has 0 bridgehead atoms. The lowest BCUT2D eigenvalue weighted by molar-refractivity contribution is -0.188. The van der Waals surface area contributed by atoms with Gasteiger partial charge in [-0.25, -0.2) is 0 Å². The van der Waals surface area contributed by atoms with E-state index in [-0.39, 0.29) is 18.2 Å². The molecule has 2 nitrogen and oxygen atoms in total. The summed E-state index contributed by atoms with van der Waals surface area (Å²) in [6.45, 7) is 3.04. The number of ether oxygens (including phenoxy) is 1. The van der Waals surface area contributed by atoms with Crippen LogP contribution in [0.4, 0.5) is 13.2 Å². The van der Waals surface area contributed by atoms with E-state index in [9.17, 15) is 13.2 Å². The van der Waals surface area contributed by atoms with Crippen LogP contribution >= 0.6 is 11.3 Å². The Morgan fingerprint density at radius 1 is 1.38 bits per heavy atom. The van der Waals surface area contributed by atoms with Crippen LogP contribution < -0.4 is 5.32 Å². The minimum absolute atomic E-state index is 0.231. The van der Waals surface area contributed by atoms with Crippen molar-refractivity contribution in [3.8, 4) is 0 Å². The Kier molecular flexibility index (Phi) is 5.68. The topological polar surface area (TPSA) is 21.3 Å². The van der Waals surface area contributed by atoms with Gasteiger partial charge in [-0.15, -0.1) is 11.3 Å². The van der Waals surface area contributed by atoms with Crippen molar-refractivity contribution in [2.45, 2.75) is 63.9 Å². The van der Waals surface area contributed by atoms with Gasteiger partial charge in [0.25, 0.3) is 0 Å². The van der Waals surface area contributed by atoms with Crippen molar-refractivity contribution in [1.29, 1.82) is 0 Å². The third-order valence-electron chi connectivity index (χ3n) is 3.78. The van der Waals surface area contributed by atoms with Crippen molar-refractivity contribution in [1.82, 2.24) is 5.32 Å². The Morgan fingerprint density at radius 3 is 2.76 bits per heavy atom. The molecule has 3 atom stereocenters. The van der Waals surface area contributed by atoms with E-state index in [4.69, 9.17) is 4.74 Å². The predicted molar refractivity (Wildman–Crippen MR) is 78.7 cm³/mol. The van der Waals surface area contributed by atoms with Crippen LogP contribution in [0.3, 0.4) is 0 Å². The Balaban J connectivity index is 1.81. The van der Waals surface area contributed by atoms with Crippen molar-refractivity contribution in [3.05, 3.63) is 21.9 Å². The van der Waals surface area contributed by atoms with Gasteiger partial charge in [-0.3, -0.25) is 0 Å². The number of hydrogen-bond acceptors (Lipinski definition) is 3. The average Bonchev–Trinajstić information content (AvgIpc) is 2.83. The fourth-order valence-corrected chi connectivity index (χ4v) is 3.67. The van der Waals surface area contributed by atoms with Gasteiger partial charge in [0.2, 0.25) is 0 Å². The van der Waals surface area contributed by atoms with Crippen molar-refractivity contribution in [2.75, 3.05) is 6.61 Å². The van der Waals surface area contributed by atoms with Crippen molar-refractivity contribution in [3.63, 3.8) is 0 Å². The molecular formula is C15H22F3NOS. The normalized spacial score (nSPS) is 25.0. The van der Waals surface area contributed by atoms with Gasteiger partial charge in [-0.2, -0.15) is 13.2 Å². The smallest absolute Gasteiger partial charge is 0.369 e. The molecule has 0 aromatic carbocycles. The van der Waals surface area contributed by atoms with Crippen molar-refractivity contribution >= 4 is 11.3 Å². The predicted octanol–water partition coefficient (Wildman–Crippen LogP) is 4.60. The fourth-order valence-electron chi connectivity index (χ4n) is 2.78. The summed E-state index contributed by atoms with van der Waals surface area (Å²) in [6.07, 6.45) is -1.22. The number of hydrogen-bond donors (Lipinski definition) is 1. The standard InChI is InChI=1S/C15H22F3NOS/c1-10-6-7-14(21-10)11(2)19-12-4-3-5-13(8-12)20-9-15(16,17)18/h6-7,11-13,19H,3-5,8-9H2,1-2H3. The summed E-state index contributed by atoms with van der Waals surface area (Å²) in [4.78, 5) is 2.54. The molecule has 1 N–H and O–H groups in total. The van der Waals surface area contributed by atoms with Gasteiger partial charge in [0.15, 0.2) is 0 Å². The van der Waals surface area contributed by atoms with E-state index in [1.807, 2.05) is 0 Å². The summed E-state index contributed by atoms with van der Waals surface area (Å²) in [5.74, 6) is 0. The minimum Gasteiger partial charge on any atom is -0.369 e. The first-order chi connectivity index (χ1) is 9.83. The van der Waals surface area contributed by atoms with Gasteiger partial charge < -0.3 is 10.1 Å². The summed E-state index contributed by atoms with van der Waals surface area (Å²) >= 11 is 1.76. The van der Waals surface area contributed by atoms with E-state index in [1.54, 1.807) is 11.3 Å². The lowest BCUT2D eigenvalue weighted by Gasteiger charge is -2.32. The number of thiophene rings is 1. The molecule has 1 fully saturated rings. The first-order valence-electron chi connectivity index (χ1n) is 7.34. The van der Waals surface area contributed by atoms with Crippen molar-refractivity contribution < 1.29 is 17.9 Å². The number of nitrogens with one attached hydrogen (secondary N) is 1. The molecule has 1 aliphatic carbocycles. The van der Waals surface area contributed by atoms with Gasteiger partial charge in [0.05, 0.1) is 6.10 Å². The molecule has 120 valence electrons. The first-order valence-corrected chi connectivity index (χ1v) is 8.16. The van der Waals surface area contributed by atoms with E-state index >= 15 is 0 Å². The molecule has 1 saturated carbocycles. The molecule has 6 heteroatoms. The number of rotatable bonds is 5. The molecule has 3 unspecified atom stereocenters. The molecule has 0 amide bonds. The van der Waals surface area contributed by atoms with E-state index in [1.165, 1.54) is 9.75 Å². The summed E-state index contributed by atoms with van der Waals surface area (Å²) in [5.41, 5.74) is 0. The first kappa shape index (κ1) is 16.8. The van der Waals surface area contributed by atoms with Crippen LogP contribution in [0.5, 0.6) is 0 Å². The van der Waals surface area contributed by atoms with Gasteiger partial charge >= 0.3 is 6.18 Å². The zero-order chi connectivity index (χ0) is 15.5. The number of halogens is 3. The summed E-state index contributed by atoms with van der Waals surface area (Å²) < 4.78 is 41.6. The highest BCUT2D eigenvalue weighted by Gasteiger charge is 2.31. The molecule has 21 heavy (non-hydrogen) atoms. The van der Waals surface area contributed by atoms with Crippen molar-refractivity contribution in [2.24, 2.45) is 0 Å². The van der Waals surface area contributed by atoms with Gasteiger partial charge in [-0.05, 0) is 51.7 Å². The fraction of sp³-hybridized carbons (Fsp3) is 0.733. The molecule has 1 aromatic rings. The molecule has 1 heterocycles. The number of aryl methyl sites for hydroxylation is 1. The number of alkyl halides is 3. The van der Waals surface area contributed by atoms with Crippen LogP contribution in [-0.2, 0) is 4.74 Å². The average molecular weight is 321 g/mol. The van der Waals surface area contributed by atoms with E-state index in [0.717, 1.165) is 19.3 Å². The monoisotopic (exact) mass is 321 g/mol. The molecule has 1 aromatic heterocycles. The maximum atomic E-state index is 12.2. The molecule has 0 saturated heterocycles. The summed E-state index contributed by atoms with van der Waals surface area (Å²) in [6, 6.07) is 4.66. The van der Waals surface area contributed by atoms with Crippen LogP contribution in [0.15, 0.2) is 12.1 Å². The maximum Gasteiger partial charge on any atom is 0.411 e. The molecule has 0 spiro atoms. The lowest BCUT2D eigenvalue weighted by atomic mass is 9.92. The molecule has 0 radical (unpaired) electrons. The molecule has 2 rings (SSSR count). The van der Waals surface area contributed by atoms with E-state index in [0.29, 0.717) is 6.42 Å². The third kappa shape index (κ3) is 5.60. The minimum atomic E-state index is -4.23. The molecule has 1 aliphatic rings. The molecular weight excluding hydrogens is 299 g/mol. The van der Waals surface area contributed by atoms with Gasteiger partial charge in [0, 0.05) is 21.8 Å². The molecule has 0 aliphatic heterocycles. The quantitative estimate of drug-likeness (QED) is 0.856. The zero-order valence-electron chi connectivity index (χ0n) is 12.4. The second kappa shape index (κ2) is 7.11. The van der Waals surface area contributed by atoms with E-state index in [2.05, 4.69) is 31.3 Å². The van der Waals surface area contributed by atoms with Crippen LogP contribution in [0, 0.1) is 6.92 Å². The second-order valence-electron chi connectivity index (χ2n) is 5.75. The third-order valence-corrected chi connectivity index (χ3v) is 4.97. The maximum absolute atomic E-state index is 12.2. The highest BCUT2D eigenvalue weighted by Crippen LogP contribution is 2.28. The van der Waals surface area contributed by atoms with Crippen LogP contribution in [0.25, 0.3) is 0 Å². The van der Waals surface area contributed by atoms with Crippen LogP contribution in [0.2, 0.25) is 0 Å². The Bertz CT molecular complexity index is 446. The van der Waals surface area contributed by atoms with Gasteiger partial charge in [0.1, 0.15) is 6.61 Å².